The molecule has 1 aliphatic rings. The van der Waals surface area contributed by atoms with Crippen molar-refractivity contribution in [1.29, 1.82) is 0 Å². The van der Waals surface area contributed by atoms with E-state index >= 15 is 0 Å². The maximum absolute atomic E-state index is 5.97. The van der Waals surface area contributed by atoms with Gasteiger partial charge in [0.25, 0.3) is 0 Å². The van der Waals surface area contributed by atoms with Crippen molar-refractivity contribution < 1.29 is 9.57 Å². The van der Waals surface area contributed by atoms with Crippen molar-refractivity contribution in [2.45, 2.75) is 33.1 Å². The van der Waals surface area contributed by atoms with Gasteiger partial charge in [-0.2, -0.15) is 0 Å². The summed E-state index contributed by atoms with van der Waals surface area (Å²) >= 11 is 5.97. The molecule has 0 N–H and O–H groups in total. The van der Waals surface area contributed by atoms with Gasteiger partial charge in [0.2, 0.25) is 0 Å². The van der Waals surface area contributed by atoms with Crippen LogP contribution in [0.5, 0.6) is 5.75 Å². The summed E-state index contributed by atoms with van der Waals surface area (Å²) in [6.45, 7) is 7.16. The maximum atomic E-state index is 5.97. The molecule has 0 amide bonds. The Hall–Kier alpha value is -2.34. The van der Waals surface area contributed by atoms with Crippen molar-refractivity contribution in [2.75, 3.05) is 31.2 Å². The van der Waals surface area contributed by atoms with Gasteiger partial charge < -0.3 is 14.5 Å². The van der Waals surface area contributed by atoms with Gasteiger partial charge >= 0.3 is 0 Å². The molecule has 1 aromatic heterocycles. The molecular formula is C21H27ClN4O2. The Kier molecular flexibility index (Phi) is 7.48. The Balaban J connectivity index is 1.39. The van der Waals surface area contributed by atoms with Gasteiger partial charge in [-0.1, -0.05) is 16.8 Å². The van der Waals surface area contributed by atoms with Gasteiger partial charge in [0.1, 0.15) is 12.4 Å². The molecule has 0 saturated carbocycles. The van der Waals surface area contributed by atoms with Gasteiger partial charge in [-0.15, -0.1) is 10.2 Å². The molecule has 150 valence electrons. The average Bonchev–Trinajstić information content (AvgIpc) is 2.72. The first-order valence-corrected chi connectivity index (χ1v) is 10.2. The van der Waals surface area contributed by atoms with E-state index in [1.807, 2.05) is 44.2 Å². The van der Waals surface area contributed by atoms with E-state index in [1.165, 1.54) is 0 Å². The van der Waals surface area contributed by atoms with Gasteiger partial charge in [0.05, 0.1) is 12.8 Å². The summed E-state index contributed by atoms with van der Waals surface area (Å²) in [5, 5.41) is 12.6. The highest BCUT2D eigenvalue weighted by molar-refractivity contribution is 6.30. The molecule has 1 saturated heterocycles. The number of hydrogen-bond donors (Lipinski definition) is 0. The third-order valence-corrected chi connectivity index (χ3v) is 5.30. The van der Waals surface area contributed by atoms with Crippen molar-refractivity contribution in [1.82, 2.24) is 10.2 Å². The summed E-state index contributed by atoms with van der Waals surface area (Å²) in [7, 11) is 0. The van der Waals surface area contributed by atoms with Crippen LogP contribution in [0, 0.1) is 12.8 Å². The van der Waals surface area contributed by atoms with Crippen molar-refractivity contribution in [3.05, 3.63) is 46.6 Å². The number of halogens is 1. The number of hydrogen-bond acceptors (Lipinski definition) is 6. The lowest BCUT2D eigenvalue weighted by Crippen LogP contribution is -2.34. The number of piperidine rings is 1. The van der Waals surface area contributed by atoms with Crippen molar-refractivity contribution in [3.8, 4) is 5.75 Å². The quantitative estimate of drug-likeness (QED) is 0.480. The van der Waals surface area contributed by atoms with Crippen LogP contribution in [-0.2, 0) is 4.84 Å². The fourth-order valence-corrected chi connectivity index (χ4v) is 3.32. The fourth-order valence-electron chi connectivity index (χ4n) is 3.23. The predicted molar refractivity (Wildman–Crippen MR) is 112 cm³/mol. The second-order valence-corrected chi connectivity index (χ2v) is 7.32. The molecule has 3 rings (SSSR count). The Morgan fingerprint density at radius 1 is 1.21 bits per heavy atom. The van der Waals surface area contributed by atoms with Crippen molar-refractivity contribution in [2.24, 2.45) is 11.1 Å². The van der Waals surface area contributed by atoms with E-state index in [0.717, 1.165) is 61.7 Å². The predicted octanol–water partition coefficient (Wildman–Crippen LogP) is 4.49. The first-order chi connectivity index (χ1) is 13.7. The zero-order valence-electron chi connectivity index (χ0n) is 16.5. The lowest BCUT2D eigenvalue weighted by molar-refractivity contribution is 0.160. The number of benzene rings is 1. The van der Waals surface area contributed by atoms with Gasteiger partial charge in [-0.25, -0.2) is 0 Å². The lowest BCUT2D eigenvalue weighted by atomic mass is 9.94. The van der Waals surface area contributed by atoms with E-state index in [9.17, 15) is 0 Å². The molecule has 0 radical (unpaired) electrons. The molecule has 0 bridgehead atoms. The first kappa shape index (κ1) is 20.4. The Labute approximate surface area is 171 Å². The molecule has 2 aromatic rings. The zero-order chi connectivity index (χ0) is 19.8. The number of aromatic nitrogens is 2. The minimum absolute atomic E-state index is 0.477. The van der Waals surface area contributed by atoms with Crippen molar-refractivity contribution >= 4 is 23.6 Å². The molecule has 1 aliphatic heterocycles. The molecular weight excluding hydrogens is 376 g/mol. The summed E-state index contributed by atoms with van der Waals surface area (Å²) in [6, 6.07) is 9.91. The smallest absolute Gasteiger partial charge is 0.154 e. The van der Waals surface area contributed by atoms with E-state index in [2.05, 4.69) is 20.3 Å². The van der Waals surface area contributed by atoms with Crippen LogP contribution in [0.4, 0.5) is 5.82 Å². The normalized spacial score (nSPS) is 15.2. The highest BCUT2D eigenvalue weighted by Crippen LogP contribution is 2.25. The van der Waals surface area contributed by atoms with Crippen LogP contribution >= 0.6 is 11.6 Å². The standard InChI is InChI=1S/C21H27ClN4O2/c1-3-28-23-15-18-4-6-19(7-5-18)27-13-10-17-8-11-26(12-9-17)20-14-16(2)21(22)25-24-20/h4-7,14-15,17H,3,8-13H2,1-2H3/b23-15+. The fraction of sp³-hybridized carbons (Fsp3) is 0.476. The highest BCUT2D eigenvalue weighted by atomic mass is 35.5. The third kappa shape index (κ3) is 5.83. The van der Waals surface area contributed by atoms with Crippen LogP contribution in [-0.4, -0.2) is 42.7 Å². The van der Waals surface area contributed by atoms with Crippen LogP contribution < -0.4 is 9.64 Å². The minimum atomic E-state index is 0.477. The second-order valence-electron chi connectivity index (χ2n) is 6.97. The van der Waals surface area contributed by atoms with Crippen LogP contribution in [0.1, 0.15) is 37.3 Å². The first-order valence-electron chi connectivity index (χ1n) is 9.78. The van der Waals surface area contributed by atoms with Gasteiger partial charge in [-0.3, -0.25) is 0 Å². The molecule has 6 nitrogen and oxygen atoms in total. The van der Waals surface area contributed by atoms with Gasteiger partial charge in [0, 0.05) is 13.1 Å². The number of oxime groups is 1. The molecule has 7 heteroatoms. The summed E-state index contributed by atoms with van der Waals surface area (Å²) in [5.41, 5.74) is 1.96. The number of rotatable bonds is 8. The average molecular weight is 403 g/mol. The van der Waals surface area contributed by atoms with E-state index in [1.54, 1.807) is 6.21 Å². The lowest BCUT2D eigenvalue weighted by Gasteiger charge is -2.32. The summed E-state index contributed by atoms with van der Waals surface area (Å²) < 4.78 is 5.90. The number of anilines is 1. The Morgan fingerprint density at radius 2 is 1.96 bits per heavy atom. The Bertz CT molecular complexity index is 774. The molecule has 0 atom stereocenters. The molecule has 0 aliphatic carbocycles. The van der Waals surface area contributed by atoms with Crippen LogP contribution in [0.15, 0.2) is 35.5 Å². The van der Waals surface area contributed by atoms with Gasteiger partial charge in [-0.05, 0) is 80.5 Å². The van der Waals surface area contributed by atoms with Crippen LogP contribution in [0.3, 0.4) is 0 Å². The molecule has 2 heterocycles. The molecule has 1 aromatic carbocycles. The summed E-state index contributed by atoms with van der Waals surface area (Å²) in [6.07, 6.45) is 5.04. The topological polar surface area (TPSA) is 59.8 Å². The highest BCUT2D eigenvalue weighted by Gasteiger charge is 2.20. The molecule has 0 unspecified atom stereocenters. The summed E-state index contributed by atoms with van der Waals surface area (Å²) in [5.74, 6) is 2.48. The summed E-state index contributed by atoms with van der Waals surface area (Å²) in [4.78, 5) is 7.26. The SMILES string of the molecule is CCO/N=C/c1ccc(OCCC2CCN(c3cc(C)c(Cl)nn3)CC2)cc1. The van der Waals surface area contributed by atoms with Crippen LogP contribution in [0.2, 0.25) is 5.15 Å². The maximum Gasteiger partial charge on any atom is 0.154 e. The van der Waals surface area contributed by atoms with Crippen molar-refractivity contribution in [3.63, 3.8) is 0 Å². The van der Waals surface area contributed by atoms with E-state index in [-0.39, 0.29) is 0 Å². The molecule has 0 spiro atoms. The number of ether oxygens (including phenoxy) is 1. The minimum Gasteiger partial charge on any atom is -0.494 e. The molecule has 28 heavy (non-hydrogen) atoms. The van der Waals surface area contributed by atoms with Crippen LogP contribution in [0.25, 0.3) is 0 Å². The third-order valence-electron chi connectivity index (χ3n) is 4.93. The largest absolute Gasteiger partial charge is 0.494 e. The number of aryl methyl sites for hydroxylation is 1. The Morgan fingerprint density at radius 3 is 2.64 bits per heavy atom. The van der Waals surface area contributed by atoms with E-state index in [0.29, 0.717) is 17.7 Å². The zero-order valence-corrected chi connectivity index (χ0v) is 17.2. The monoisotopic (exact) mass is 402 g/mol. The second kappa shape index (κ2) is 10.3. The molecule has 1 fully saturated rings. The van der Waals surface area contributed by atoms with E-state index in [4.69, 9.17) is 21.2 Å². The van der Waals surface area contributed by atoms with Gasteiger partial charge in [0.15, 0.2) is 11.0 Å². The van der Waals surface area contributed by atoms with E-state index < -0.39 is 0 Å². The number of nitrogens with zero attached hydrogens (tertiary/aromatic N) is 4.